The van der Waals surface area contributed by atoms with Gasteiger partial charge in [0, 0.05) is 31.9 Å². The van der Waals surface area contributed by atoms with Crippen molar-refractivity contribution < 1.29 is 9.59 Å². The lowest BCUT2D eigenvalue weighted by atomic mass is 10.1. The molecule has 0 saturated heterocycles. The minimum absolute atomic E-state index is 0.268. The molecule has 0 aromatic heterocycles. The molecule has 0 aliphatic heterocycles. The molecule has 3 aromatic carbocycles. The maximum absolute atomic E-state index is 12.3. The van der Waals surface area contributed by atoms with Crippen LogP contribution in [-0.4, -0.2) is 18.0 Å². The smallest absolute Gasteiger partial charge is 0.271 e. The van der Waals surface area contributed by atoms with Crippen LogP contribution in [0.4, 0.5) is 5.69 Å². The second-order valence-electron chi connectivity index (χ2n) is 5.77. The van der Waals surface area contributed by atoms with Gasteiger partial charge >= 0.3 is 0 Å². The Morgan fingerprint density at radius 3 is 2.36 bits per heavy atom. The Morgan fingerprint density at radius 1 is 0.893 bits per heavy atom. The molecule has 7 heteroatoms. The number of rotatable bonds is 5. The molecule has 0 spiro atoms. The molecule has 0 aliphatic carbocycles. The summed E-state index contributed by atoms with van der Waals surface area (Å²) in [5.74, 6) is -0.669. The summed E-state index contributed by atoms with van der Waals surface area (Å²) in [6.07, 6.45) is 1.47. The number of anilines is 1. The van der Waals surface area contributed by atoms with E-state index >= 15 is 0 Å². The molecule has 0 heterocycles. The third kappa shape index (κ3) is 5.28. The fraction of sp³-hybridized carbons (Fsp3) is 0. The summed E-state index contributed by atoms with van der Waals surface area (Å²) in [5, 5.41) is 7.24. The lowest BCUT2D eigenvalue weighted by Crippen LogP contribution is -2.18. The zero-order chi connectivity index (χ0) is 19.9. The normalized spacial score (nSPS) is 10.6. The monoisotopic (exact) mass is 455 g/mol. The Bertz CT molecular complexity index is 1050. The van der Waals surface area contributed by atoms with Crippen molar-refractivity contribution in [3.8, 4) is 0 Å². The Morgan fingerprint density at radius 2 is 1.61 bits per heavy atom. The van der Waals surface area contributed by atoms with Crippen LogP contribution in [0.2, 0.25) is 5.02 Å². The van der Waals surface area contributed by atoms with E-state index in [2.05, 4.69) is 31.8 Å². The van der Waals surface area contributed by atoms with Crippen molar-refractivity contribution in [2.24, 2.45) is 5.10 Å². The topological polar surface area (TPSA) is 70.6 Å². The van der Waals surface area contributed by atoms with E-state index in [9.17, 15) is 9.59 Å². The first kappa shape index (κ1) is 19.8. The Labute approximate surface area is 175 Å². The number of carbonyl (C=O) groups is 2. The highest BCUT2D eigenvalue weighted by Crippen LogP contribution is 2.16. The number of hydrogen-bond donors (Lipinski definition) is 2. The predicted octanol–water partition coefficient (Wildman–Crippen LogP) is 5.12. The molecule has 3 rings (SSSR count). The lowest BCUT2D eigenvalue weighted by Gasteiger charge is -2.07. The van der Waals surface area contributed by atoms with Crippen LogP contribution in [0.15, 0.2) is 82.4 Å². The van der Waals surface area contributed by atoms with E-state index in [0.717, 1.165) is 4.47 Å². The van der Waals surface area contributed by atoms with Crippen molar-refractivity contribution in [3.05, 3.63) is 99.0 Å². The highest BCUT2D eigenvalue weighted by Gasteiger charge is 2.09. The molecular formula is C21H15BrClN3O2. The Balaban J connectivity index is 1.66. The average Bonchev–Trinajstić information content (AvgIpc) is 2.69. The van der Waals surface area contributed by atoms with Crippen LogP contribution in [0, 0.1) is 0 Å². The Hall–Kier alpha value is -2.96. The fourth-order valence-electron chi connectivity index (χ4n) is 2.38. The van der Waals surface area contributed by atoms with Gasteiger partial charge in [0.2, 0.25) is 0 Å². The van der Waals surface area contributed by atoms with Crippen LogP contribution in [0.5, 0.6) is 0 Å². The molecule has 3 aromatic rings. The standard InChI is InChI=1S/C21H15BrClN3O2/c22-17-8-3-6-14(11-17)20(27)25-18-9-4-7-15(12-18)21(28)26-24-13-16-5-1-2-10-19(16)23/h1-13H,(H,25,27)(H,26,28). The molecule has 0 aliphatic rings. The highest BCUT2D eigenvalue weighted by atomic mass is 79.9. The SMILES string of the molecule is O=C(NN=Cc1ccccc1Cl)c1cccc(NC(=O)c2cccc(Br)c2)c1. The largest absolute Gasteiger partial charge is 0.322 e. The van der Waals surface area contributed by atoms with Gasteiger partial charge in [-0.1, -0.05) is 57.9 Å². The second-order valence-corrected chi connectivity index (χ2v) is 7.09. The van der Waals surface area contributed by atoms with Crippen LogP contribution in [0.3, 0.4) is 0 Å². The zero-order valence-corrected chi connectivity index (χ0v) is 16.9. The van der Waals surface area contributed by atoms with E-state index in [-0.39, 0.29) is 5.91 Å². The molecule has 140 valence electrons. The van der Waals surface area contributed by atoms with E-state index in [1.54, 1.807) is 54.6 Å². The summed E-state index contributed by atoms with van der Waals surface area (Å²) < 4.78 is 0.810. The summed E-state index contributed by atoms with van der Waals surface area (Å²) in [7, 11) is 0. The van der Waals surface area contributed by atoms with E-state index in [0.29, 0.717) is 27.4 Å². The van der Waals surface area contributed by atoms with Gasteiger partial charge in [0.25, 0.3) is 11.8 Å². The third-order valence-electron chi connectivity index (χ3n) is 3.74. The summed E-state index contributed by atoms with van der Waals surface area (Å²) in [6, 6.07) is 20.8. The van der Waals surface area contributed by atoms with Gasteiger partial charge in [-0.15, -0.1) is 0 Å². The van der Waals surface area contributed by atoms with Crippen molar-refractivity contribution in [1.82, 2.24) is 5.43 Å². The van der Waals surface area contributed by atoms with Gasteiger partial charge in [-0.25, -0.2) is 5.43 Å². The number of amides is 2. The minimum Gasteiger partial charge on any atom is -0.322 e. The number of hydrogen-bond acceptors (Lipinski definition) is 3. The fourth-order valence-corrected chi connectivity index (χ4v) is 2.96. The number of nitrogens with one attached hydrogen (secondary N) is 2. The third-order valence-corrected chi connectivity index (χ3v) is 4.58. The van der Waals surface area contributed by atoms with E-state index in [1.165, 1.54) is 6.21 Å². The molecule has 0 atom stereocenters. The van der Waals surface area contributed by atoms with Crippen molar-refractivity contribution in [3.63, 3.8) is 0 Å². The van der Waals surface area contributed by atoms with E-state index in [1.807, 2.05) is 18.2 Å². The van der Waals surface area contributed by atoms with Gasteiger partial charge < -0.3 is 5.32 Å². The van der Waals surface area contributed by atoms with Gasteiger partial charge in [0.15, 0.2) is 0 Å². The maximum Gasteiger partial charge on any atom is 0.271 e. The minimum atomic E-state index is -0.401. The lowest BCUT2D eigenvalue weighted by molar-refractivity contribution is 0.0953. The first-order chi connectivity index (χ1) is 13.5. The van der Waals surface area contributed by atoms with Gasteiger partial charge in [-0.3, -0.25) is 9.59 Å². The van der Waals surface area contributed by atoms with Gasteiger partial charge in [-0.05, 0) is 42.5 Å². The van der Waals surface area contributed by atoms with Crippen molar-refractivity contribution in [1.29, 1.82) is 0 Å². The predicted molar refractivity (Wildman–Crippen MR) is 115 cm³/mol. The van der Waals surface area contributed by atoms with Gasteiger partial charge in [0.05, 0.1) is 6.21 Å². The molecule has 5 nitrogen and oxygen atoms in total. The molecule has 0 saturated carbocycles. The highest BCUT2D eigenvalue weighted by molar-refractivity contribution is 9.10. The van der Waals surface area contributed by atoms with Crippen molar-refractivity contribution >= 4 is 51.2 Å². The van der Waals surface area contributed by atoms with E-state index in [4.69, 9.17) is 11.6 Å². The van der Waals surface area contributed by atoms with Crippen LogP contribution in [0.25, 0.3) is 0 Å². The summed E-state index contributed by atoms with van der Waals surface area (Å²) in [4.78, 5) is 24.6. The first-order valence-corrected chi connectivity index (χ1v) is 9.45. The average molecular weight is 457 g/mol. The van der Waals surface area contributed by atoms with Gasteiger partial charge in [-0.2, -0.15) is 5.10 Å². The molecule has 2 amide bonds. The molecule has 0 unspecified atom stereocenters. The van der Waals surface area contributed by atoms with Gasteiger partial charge in [0.1, 0.15) is 0 Å². The second kappa shape index (κ2) is 9.30. The van der Waals surface area contributed by atoms with E-state index < -0.39 is 5.91 Å². The van der Waals surface area contributed by atoms with Crippen molar-refractivity contribution in [2.75, 3.05) is 5.32 Å². The number of halogens is 2. The van der Waals surface area contributed by atoms with Crippen LogP contribution < -0.4 is 10.7 Å². The maximum atomic E-state index is 12.3. The number of hydrazone groups is 1. The summed E-state index contributed by atoms with van der Waals surface area (Å²) in [6.45, 7) is 0. The molecule has 0 fully saturated rings. The molecule has 2 N–H and O–H groups in total. The molecule has 0 bridgehead atoms. The zero-order valence-electron chi connectivity index (χ0n) is 14.5. The Kier molecular flexibility index (Phi) is 6.57. The van der Waals surface area contributed by atoms with Crippen LogP contribution >= 0.6 is 27.5 Å². The summed E-state index contributed by atoms with van der Waals surface area (Å²) >= 11 is 9.38. The van der Waals surface area contributed by atoms with Crippen LogP contribution in [-0.2, 0) is 0 Å². The summed E-state index contributed by atoms with van der Waals surface area (Å²) in [5.41, 5.74) is 4.52. The number of carbonyl (C=O) groups excluding carboxylic acids is 2. The quantitative estimate of drug-likeness (QED) is 0.413. The molecular weight excluding hydrogens is 442 g/mol. The van der Waals surface area contributed by atoms with Crippen LogP contribution in [0.1, 0.15) is 26.3 Å². The molecule has 0 radical (unpaired) electrons. The van der Waals surface area contributed by atoms with Crippen molar-refractivity contribution in [2.45, 2.75) is 0 Å². The molecule has 28 heavy (non-hydrogen) atoms. The number of nitrogens with zero attached hydrogens (tertiary/aromatic N) is 1. The number of benzene rings is 3. The first-order valence-electron chi connectivity index (χ1n) is 8.28.